The molecule has 0 aromatic carbocycles. The van der Waals surface area contributed by atoms with E-state index in [2.05, 4.69) is 28.8 Å². The largest absolute Gasteiger partial charge is 0.103 e. The van der Waals surface area contributed by atoms with Gasteiger partial charge in [-0.15, -0.1) is 11.8 Å². The number of hydrogen-bond acceptors (Lipinski definition) is 1. The summed E-state index contributed by atoms with van der Waals surface area (Å²) in [6.07, 6.45) is 5.34. The third kappa shape index (κ3) is 8.87. The van der Waals surface area contributed by atoms with Gasteiger partial charge in [0, 0.05) is 24.3 Å². The van der Waals surface area contributed by atoms with E-state index in [1.54, 1.807) is 0 Å². The van der Waals surface area contributed by atoms with Crippen LogP contribution in [0.5, 0.6) is 0 Å². The van der Waals surface area contributed by atoms with Gasteiger partial charge >= 0.3 is 0 Å². The molecule has 0 heterocycles. The van der Waals surface area contributed by atoms with Crippen molar-refractivity contribution >= 4 is 0 Å². The normalized spacial score (nSPS) is 8.08. The number of hydrogen-bond donors (Lipinski definition) is 0. The number of azide groups is 1. The summed E-state index contributed by atoms with van der Waals surface area (Å²) in [4.78, 5) is 2.64. The molecule has 0 aromatic rings. The summed E-state index contributed by atoms with van der Waals surface area (Å²) in [5, 5.41) is 3.38. The lowest BCUT2D eigenvalue weighted by Gasteiger charge is -1.87. The summed E-state index contributed by atoms with van der Waals surface area (Å²) < 4.78 is 0. The number of nitrogens with zero attached hydrogens (tertiary/aromatic N) is 3. The third-order valence-electron chi connectivity index (χ3n) is 1.43. The molecule has 0 saturated heterocycles. The molecule has 0 unspecified atom stereocenters. The van der Waals surface area contributed by atoms with Crippen LogP contribution in [0.2, 0.25) is 0 Å². The van der Waals surface area contributed by atoms with Crippen LogP contribution in [0.1, 0.15) is 39.0 Å². The fraction of sp³-hybridized carbons (Fsp3) is 0.778. The van der Waals surface area contributed by atoms with E-state index >= 15 is 0 Å². The minimum atomic E-state index is 0.497. The number of rotatable bonds is 5. The SMILES string of the molecule is CCCCCC#CCCN=[N+]=[N-]. The number of unbranched alkanes of at least 4 members (excludes halogenated alkanes) is 3. The van der Waals surface area contributed by atoms with Gasteiger partial charge in [0.05, 0.1) is 0 Å². The summed E-state index contributed by atoms with van der Waals surface area (Å²) >= 11 is 0. The van der Waals surface area contributed by atoms with E-state index in [1.165, 1.54) is 19.3 Å². The Labute approximate surface area is 73.8 Å². The monoisotopic (exact) mass is 165 g/mol. The van der Waals surface area contributed by atoms with E-state index < -0.39 is 0 Å². The second-order valence-electron chi connectivity index (χ2n) is 2.52. The van der Waals surface area contributed by atoms with Crippen LogP contribution in [-0.4, -0.2) is 6.54 Å². The maximum atomic E-state index is 7.95. The van der Waals surface area contributed by atoms with Gasteiger partial charge in [-0.25, -0.2) is 0 Å². The first-order chi connectivity index (χ1) is 5.91. The minimum absolute atomic E-state index is 0.497. The third-order valence-corrected chi connectivity index (χ3v) is 1.43. The lowest BCUT2D eigenvalue weighted by molar-refractivity contribution is 0.737. The molecule has 3 heteroatoms. The predicted molar refractivity (Wildman–Crippen MR) is 50.5 cm³/mol. The maximum absolute atomic E-state index is 7.95. The molecule has 0 aliphatic rings. The van der Waals surface area contributed by atoms with Gasteiger partial charge in [-0.1, -0.05) is 24.9 Å². The van der Waals surface area contributed by atoms with Crippen molar-refractivity contribution in [3.05, 3.63) is 10.4 Å². The van der Waals surface area contributed by atoms with Crippen molar-refractivity contribution in [1.29, 1.82) is 0 Å². The highest BCUT2D eigenvalue weighted by Crippen LogP contribution is 1.96. The summed E-state index contributed by atoms with van der Waals surface area (Å²) in [6.45, 7) is 2.67. The molecule has 0 rings (SSSR count). The zero-order valence-corrected chi connectivity index (χ0v) is 7.58. The first kappa shape index (κ1) is 10.9. The van der Waals surface area contributed by atoms with Crippen LogP contribution in [0.15, 0.2) is 5.11 Å². The molecule has 12 heavy (non-hydrogen) atoms. The Morgan fingerprint density at radius 3 is 2.67 bits per heavy atom. The smallest absolute Gasteiger partial charge is 0.0367 e. The van der Waals surface area contributed by atoms with Gasteiger partial charge in [-0.2, -0.15) is 0 Å². The first-order valence-electron chi connectivity index (χ1n) is 4.38. The van der Waals surface area contributed by atoms with Crippen molar-refractivity contribution in [1.82, 2.24) is 0 Å². The predicted octanol–water partition coefficient (Wildman–Crippen LogP) is 3.27. The van der Waals surface area contributed by atoms with E-state index in [4.69, 9.17) is 5.53 Å². The molecule has 0 saturated carbocycles. The van der Waals surface area contributed by atoms with Crippen LogP contribution >= 0.6 is 0 Å². The zero-order valence-electron chi connectivity index (χ0n) is 7.58. The van der Waals surface area contributed by atoms with Gasteiger partial charge < -0.3 is 0 Å². The molecule has 0 N–H and O–H groups in total. The van der Waals surface area contributed by atoms with Crippen molar-refractivity contribution in [2.24, 2.45) is 5.11 Å². The van der Waals surface area contributed by atoms with E-state index in [0.717, 1.165) is 6.42 Å². The maximum Gasteiger partial charge on any atom is 0.0367 e. The highest BCUT2D eigenvalue weighted by molar-refractivity contribution is 4.98. The van der Waals surface area contributed by atoms with Crippen LogP contribution in [0, 0.1) is 11.8 Å². The Morgan fingerprint density at radius 1 is 1.25 bits per heavy atom. The molecule has 0 amide bonds. The molecule has 0 atom stereocenters. The standard InChI is InChI=1S/C9H15N3/c1-2-3-4-5-6-7-8-9-11-12-10/h2-5,8-9H2,1H3. The summed E-state index contributed by atoms with van der Waals surface area (Å²) in [5.74, 6) is 6.01. The van der Waals surface area contributed by atoms with Crippen molar-refractivity contribution in [2.75, 3.05) is 6.54 Å². The van der Waals surface area contributed by atoms with Gasteiger partial charge in [-0.3, -0.25) is 0 Å². The Balaban J connectivity index is 3.17. The Hall–Kier alpha value is -1.13. The first-order valence-corrected chi connectivity index (χ1v) is 4.38. The van der Waals surface area contributed by atoms with Crippen LogP contribution in [-0.2, 0) is 0 Å². The van der Waals surface area contributed by atoms with Crippen molar-refractivity contribution in [2.45, 2.75) is 39.0 Å². The van der Waals surface area contributed by atoms with E-state index in [0.29, 0.717) is 13.0 Å². The summed E-state index contributed by atoms with van der Waals surface area (Å²) in [7, 11) is 0. The molecule has 0 aromatic heterocycles. The fourth-order valence-corrected chi connectivity index (χ4v) is 0.791. The molecule has 66 valence electrons. The highest BCUT2D eigenvalue weighted by Gasteiger charge is 1.80. The second-order valence-corrected chi connectivity index (χ2v) is 2.52. The Morgan fingerprint density at radius 2 is 2.00 bits per heavy atom. The molecule has 0 fully saturated rings. The summed E-state index contributed by atoms with van der Waals surface area (Å²) in [6, 6.07) is 0. The lowest BCUT2D eigenvalue weighted by atomic mass is 10.2. The molecule has 0 aliphatic carbocycles. The molecule has 0 aliphatic heterocycles. The summed E-state index contributed by atoms with van der Waals surface area (Å²) in [5.41, 5.74) is 7.95. The molecule has 3 nitrogen and oxygen atoms in total. The minimum Gasteiger partial charge on any atom is -0.103 e. The molecule has 0 bridgehead atoms. The molecule has 0 spiro atoms. The van der Waals surface area contributed by atoms with E-state index in [9.17, 15) is 0 Å². The van der Waals surface area contributed by atoms with Gasteiger partial charge in [0.1, 0.15) is 0 Å². The van der Waals surface area contributed by atoms with Crippen LogP contribution in [0.4, 0.5) is 0 Å². The van der Waals surface area contributed by atoms with E-state index in [1.807, 2.05) is 0 Å². The highest BCUT2D eigenvalue weighted by atomic mass is 15.1. The lowest BCUT2D eigenvalue weighted by Crippen LogP contribution is -1.74. The van der Waals surface area contributed by atoms with Crippen LogP contribution in [0.25, 0.3) is 10.4 Å². The second kappa shape index (κ2) is 9.87. The molecule has 0 radical (unpaired) electrons. The Bertz CT molecular complexity index is 194. The molecular formula is C9H15N3. The van der Waals surface area contributed by atoms with Crippen LogP contribution < -0.4 is 0 Å². The van der Waals surface area contributed by atoms with Gasteiger partial charge in [0.2, 0.25) is 0 Å². The molecular weight excluding hydrogens is 150 g/mol. The van der Waals surface area contributed by atoms with Gasteiger partial charge in [0.25, 0.3) is 0 Å². The van der Waals surface area contributed by atoms with Crippen molar-refractivity contribution in [3.8, 4) is 11.8 Å². The van der Waals surface area contributed by atoms with Crippen molar-refractivity contribution < 1.29 is 0 Å². The van der Waals surface area contributed by atoms with Gasteiger partial charge in [-0.05, 0) is 12.0 Å². The van der Waals surface area contributed by atoms with Crippen molar-refractivity contribution in [3.63, 3.8) is 0 Å². The quantitative estimate of drug-likeness (QED) is 0.197. The fourth-order valence-electron chi connectivity index (χ4n) is 0.791. The van der Waals surface area contributed by atoms with Crippen LogP contribution in [0.3, 0.4) is 0 Å². The topological polar surface area (TPSA) is 48.8 Å². The average molecular weight is 165 g/mol. The van der Waals surface area contributed by atoms with E-state index in [-0.39, 0.29) is 0 Å². The Kier molecular flexibility index (Phi) is 8.94. The average Bonchev–Trinajstić information content (AvgIpc) is 2.10. The van der Waals surface area contributed by atoms with Gasteiger partial charge in [0.15, 0.2) is 0 Å². The zero-order chi connectivity index (χ0) is 9.07.